The van der Waals surface area contributed by atoms with Crippen LogP contribution < -0.4 is 4.90 Å². The van der Waals surface area contributed by atoms with Crippen LogP contribution >= 0.6 is 12.2 Å². The maximum Gasteiger partial charge on any atom is 0.416 e. The van der Waals surface area contributed by atoms with E-state index >= 15 is 0 Å². The summed E-state index contributed by atoms with van der Waals surface area (Å²) in [6, 6.07) is 3.86. The summed E-state index contributed by atoms with van der Waals surface area (Å²) in [7, 11) is -1.15. The summed E-state index contributed by atoms with van der Waals surface area (Å²) in [4.78, 5) is 1.99. The zero-order valence-corrected chi connectivity index (χ0v) is 18.2. The number of rotatable bonds is 4. The number of hydrogen-bond acceptors (Lipinski definition) is 5. The average molecular weight is 461 g/mol. The Labute approximate surface area is 178 Å². The number of aryl methyl sites for hydroxylation is 1. The Morgan fingerprint density at radius 1 is 1.30 bits per heavy atom. The fourth-order valence-electron chi connectivity index (χ4n) is 4.25. The maximum absolute atomic E-state index is 13.0. The summed E-state index contributed by atoms with van der Waals surface area (Å²) in [5.74, 6) is 1.16. The Morgan fingerprint density at radius 2 is 2.07 bits per heavy atom. The molecule has 164 valence electrons. The monoisotopic (exact) mass is 460 g/mol. The lowest BCUT2D eigenvalue weighted by Crippen LogP contribution is -2.32. The molecule has 0 radical (unpaired) electrons. The highest BCUT2D eigenvalue weighted by atomic mass is 32.2. The minimum Gasteiger partial charge on any atom is -0.352 e. The molecule has 0 unspecified atom stereocenters. The molecule has 0 N–H and O–H groups in total. The first-order chi connectivity index (χ1) is 14.0. The predicted molar refractivity (Wildman–Crippen MR) is 110 cm³/mol. The number of alkyl halides is 3. The average Bonchev–Trinajstić information content (AvgIpc) is 3.14. The van der Waals surface area contributed by atoms with Crippen LogP contribution in [-0.2, 0) is 42.6 Å². The van der Waals surface area contributed by atoms with Crippen LogP contribution in [0.25, 0.3) is 0 Å². The predicted octanol–water partition coefficient (Wildman–Crippen LogP) is 3.36. The van der Waals surface area contributed by atoms with Crippen LogP contribution in [0.4, 0.5) is 18.9 Å². The second kappa shape index (κ2) is 7.67. The molecular weight excluding hydrogens is 437 g/mol. The quantitative estimate of drug-likeness (QED) is 0.655. The van der Waals surface area contributed by atoms with Gasteiger partial charge in [-0.05, 0) is 61.2 Å². The summed E-state index contributed by atoms with van der Waals surface area (Å²) in [6.07, 6.45) is -1.84. The fraction of sp³-hybridized carbons (Fsp3) is 0.579. The second-order valence-electron chi connectivity index (χ2n) is 8.08. The topological polar surface area (TPSA) is 60.1 Å². The van der Waals surface area contributed by atoms with Gasteiger partial charge in [0.25, 0.3) is 0 Å². The Hall–Kier alpha value is -1.88. The first-order valence-corrected chi connectivity index (χ1v) is 12.0. The molecule has 1 aromatic carbocycles. The van der Waals surface area contributed by atoms with E-state index in [1.807, 2.05) is 11.9 Å². The van der Waals surface area contributed by atoms with Crippen molar-refractivity contribution < 1.29 is 21.6 Å². The van der Waals surface area contributed by atoms with Crippen LogP contribution in [0.5, 0.6) is 0 Å². The van der Waals surface area contributed by atoms with Gasteiger partial charge >= 0.3 is 6.18 Å². The van der Waals surface area contributed by atoms with Crippen LogP contribution in [0.1, 0.15) is 29.8 Å². The van der Waals surface area contributed by atoms with E-state index < -0.39 is 21.6 Å². The molecule has 1 saturated heterocycles. The number of sulfone groups is 1. The standard InChI is InChI=1S/C19H23F3N4O2S2/c1-24-17(9-13-6-8-30(27,28)11-13)23-26(18(24)29)12-25-7-2-3-14-10-15(19(20,21)22)4-5-16(14)25/h4-5,10,13H,2-3,6-9,11-12H2,1H3/t13-/m1/s1. The lowest BCUT2D eigenvalue weighted by molar-refractivity contribution is -0.137. The van der Waals surface area contributed by atoms with Crippen LogP contribution in [0, 0.1) is 10.7 Å². The zero-order valence-electron chi connectivity index (χ0n) is 16.5. The number of fused-ring (bicyclic) bond motifs is 1. The summed E-state index contributed by atoms with van der Waals surface area (Å²) in [5, 5.41) is 4.60. The number of hydrogen-bond donors (Lipinski definition) is 0. The molecule has 30 heavy (non-hydrogen) atoms. The van der Waals surface area contributed by atoms with Gasteiger partial charge in [-0.25, -0.2) is 13.1 Å². The molecule has 6 nitrogen and oxygen atoms in total. The summed E-state index contributed by atoms with van der Waals surface area (Å²) in [5.41, 5.74) is 0.812. The van der Waals surface area contributed by atoms with Crippen LogP contribution in [-0.4, -0.2) is 40.8 Å². The normalized spacial score (nSPS) is 21.1. The van der Waals surface area contributed by atoms with Crippen molar-refractivity contribution >= 4 is 27.7 Å². The Bertz CT molecular complexity index is 1120. The molecule has 0 spiro atoms. The van der Waals surface area contributed by atoms with E-state index in [1.165, 1.54) is 12.1 Å². The van der Waals surface area contributed by atoms with Crippen molar-refractivity contribution in [2.45, 2.75) is 38.5 Å². The van der Waals surface area contributed by atoms with Crippen molar-refractivity contribution in [3.63, 3.8) is 0 Å². The minimum absolute atomic E-state index is 0.0375. The van der Waals surface area contributed by atoms with Gasteiger partial charge < -0.3 is 9.47 Å². The number of anilines is 1. The van der Waals surface area contributed by atoms with Crippen molar-refractivity contribution in [3.8, 4) is 0 Å². The molecule has 3 heterocycles. The van der Waals surface area contributed by atoms with Crippen molar-refractivity contribution in [1.29, 1.82) is 0 Å². The highest BCUT2D eigenvalue weighted by Crippen LogP contribution is 2.35. The molecule has 1 atom stereocenters. The summed E-state index contributed by atoms with van der Waals surface area (Å²) < 4.78 is 66.5. The number of benzene rings is 1. The van der Waals surface area contributed by atoms with E-state index in [1.54, 1.807) is 9.25 Å². The first-order valence-electron chi connectivity index (χ1n) is 9.82. The SMILES string of the molecule is Cn1c(C[C@H]2CCS(=O)(=O)C2)nn(CN2CCCc3cc(C(F)(F)F)ccc32)c1=S. The van der Waals surface area contributed by atoms with E-state index in [4.69, 9.17) is 12.2 Å². The van der Waals surface area contributed by atoms with Gasteiger partial charge in [0, 0.05) is 25.7 Å². The van der Waals surface area contributed by atoms with Crippen LogP contribution in [0.3, 0.4) is 0 Å². The van der Waals surface area contributed by atoms with Gasteiger partial charge in [-0.1, -0.05) is 0 Å². The van der Waals surface area contributed by atoms with Crippen LogP contribution in [0.15, 0.2) is 18.2 Å². The van der Waals surface area contributed by atoms with Gasteiger partial charge in [0.05, 0.1) is 17.1 Å². The van der Waals surface area contributed by atoms with E-state index in [9.17, 15) is 21.6 Å². The van der Waals surface area contributed by atoms with Crippen molar-refractivity contribution in [2.75, 3.05) is 23.0 Å². The molecule has 0 amide bonds. The number of halogens is 3. The largest absolute Gasteiger partial charge is 0.416 e. The molecule has 2 aromatic rings. The summed E-state index contributed by atoms with van der Waals surface area (Å²) >= 11 is 5.51. The number of nitrogens with zero attached hydrogens (tertiary/aromatic N) is 4. The maximum atomic E-state index is 13.0. The minimum atomic E-state index is -4.36. The second-order valence-corrected chi connectivity index (χ2v) is 10.7. The molecule has 1 aromatic heterocycles. The van der Waals surface area contributed by atoms with Crippen molar-refractivity contribution in [2.24, 2.45) is 13.0 Å². The first kappa shape index (κ1) is 21.4. The lowest BCUT2D eigenvalue weighted by Gasteiger charge is -2.31. The molecule has 11 heteroatoms. The fourth-order valence-corrected chi connectivity index (χ4v) is 6.32. The lowest BCUT2D eigenvalue weighted by atomic mass is 9.99. The van der Waals surface area contributed by atoms with E-state index in [-0.39, 0.29) is 17.4 Å². The van der Waals surface area contributed by atoms with E-state index in [0.29, 0.717) is 42.8 Å². The van der Waals surface area contributed by atoms with Crippen molar-refractivity contribution in [1.82, 2.24) is 14.3 Å². The Kier molecular flexibility index (Phi) is 5.46. The Balaban J connectivity index is 1.55. The molecule has 1 fully saturated rings. The van der Waals surface area contributed by atoms with Crippen LogP contribution in [0.2, 0.25) is 0 Å². The molecule has 0 bridgehead atoms. The number of aromatic nitrogens is 3. The van der Waals surface area contributed by atoms with E-state index in [2.05, 4.69) is 5.10 Å². The molecule has 0 saturated carbocycles. The smallest absolute Gasteiger partial charge is 0.352 e. The van der Waals surface area contributed by atoms with Gasteiger partial charge in [-0.15, -0.1) is 0 Å². The van der Waals surface area contributed by atoms with Gasteiger partial charge in [0.1, 0.15) is 12.5 Å². The third kappa shape index (κ3) is 4.27. The molecule has 0 aliphatic carbocycles. The zero-order chi connectivity index (χ0) is 21.7. The highest BCUT2D eigenvalue weighted by molar-refractivity contribution is 7.91. The van der Waals surface area contributed by atoms with Gasteiger partial charge in [0.15, 0.2) is 14.6 Å². The molecule has 4 rings (SSSR count). The molecular formula is C19H23F3N4O2S2. The van der Waals surface area contributed by atoms with Gasteiger partial charge in [-0.3, -0.25) is 0 Å². The Morgan fingerprint density at radius 3 is 2.73 bits per heavy atom. The third-order valence-corrected chi connectivity index (χ3v) is 8.18. The molecule has 2 aliphatic rings. The third-order valence-electron chi connectivity index (χ3n) is 5.86. The van der Waals surface area contributed by atoms with Gasteiger partial charge in [-0.2, -0.15) is 18.3 Å². The molecule has 2 aliphatic heterocycles. The van der Waals surface area contributed by atoms with Crippen molar-refractivity contribution in [3.05, 3.63) is 39.9 Å². The summed E-state index contributed by atoms with van der Waals surface area (Å²) in [6.45, 7) is 1.04. The van der Waals surface area contributed by atoms with E-state index in [0.717, 1.165) is 24.0 Å². The van der Waals surface area contributed by atoms with Gasteiger partial charge in [0.2, 0.25) is 0 Å². The highest BCUT2D eigenvalue weighted by Gasteiger charge is 2.32.